The van der Waals surface area contributed by atoms with Crippen molar-refractivity contribution in [2.24, 2.45) is 11.8 Å². The first-order valence-corrected chi connectivity index (χ1v) is 9.16. The van der Waals surface area contributed by atoms with Gasteiger partial charge in [0.05, 0.1) is 11.2 Å². The van der Waals surface area contributed by atoms with Crippen LogP contribution in [0.2, 0.25) is 5.02 Å². The molecule has 2 heterocycles. The number of carbonyl (C=O) groups excluding carboxylic acids is 1. The molecule has 25 heavy (non-hydrogen) atoms. The molecule has 0 spiro atoms. The predicted molar refractivity (Wildman–Crippen MR) is 95.6 cm³/mol. The van der Waals surface area contributed by atoms with Gasteiger partial charge in [-0.05, 0) is 43.4 Å². The summed E-state index contributed by atoms with van der Waals surface area (Å²) in [5, 5.41) is 4.85. The average molecular weight is 360 g/mol. The minimum absolute atomic E-state index is 0.133. The molecule has 2 aliphatic rings. The summed E-state index contributed by atoms with van der Waals surface area (Å²) >= 11 is 6.22. The summed E-state index contributed by atoms with van der Waals surface area (Å²) in [5.41, 5.74) is 1.07. The number of halogens is 1. The van der Waals surface area contributed by atoms with Gasteiger partial charge in [-0.3, -0.25) is 9.48 Å². The molecule has 1 aromatic heterocycles. The first-order valence-electron chi connectivity index (χ1n) is 8.78. The molecule has 0 bridgehead atoms. The third-order valence-electron chi connectivity index (χ3n) is 5.32. The zero-order valence-electron chi connectivity index (χ0n) is 14.3. The molecule has 3 atom stereocenters. The summed E-state index contributed by atoms with van der Waals surface area (Å²) in [6.07, 6.45) is 5.94. The summed E-state index contributed by atoms with van der Waals surface area (Å²) in [5.74, 6) is 1.79. The summed E-state index contributed by atoms with van der Waals surface area (Å²) in [6, 6.07) is 7.59. The Bertz CT molecular complexity index is 776. The molecule has 1 aliphatic heterocycles. The Labute approximate surface area is 152 Å². The number of ether oxygens (including phenoxy) is 1. The summed E-state index contributed by atoms with van der Waals surface area (Å²) in [6.45, 7) is 3.87. The maximum absolute atomic E-state index is 12.6. The van der Waals surface area contributed by atoms with Crippen molar-refractivity contribution < 1.29 is 9.53 Å². The standard InChI is InChI=1S/C19H22ClN3O2/c1-13-8-21-23(9-13)12-19(24)22-10-14-6-7-17(15(14)11-22)25-18-5-3-2-4-16(18)20/h2-5,8-9,14-15,17H,6-7,10-12H2,1H3/t14-,15+,17-/m0/s1. The van der Waals surface area contributed by atoms with E-state index in [0.717, 1.165) is 37.2 Å². The molecule has 1 aliphatic carbocycles. The number of carbonyl (C=O) groups is 1. The van der Waals surface area contributed by atoms with Crippen molar-refractivity contribution in [1.82, 2.24) is 14.7 Å². The summed E-state index contributed by atoms with van der Waals surface area (Å²) < 4.78 is 7.89. The van der Waals surface area contributed by atoms with Gasteiger partial charge in [0.25, 0.3) is 0 Å². The van der Waals surface area contributed by atoms with Crippen molar-refractivity contribution >= 4 is 17.5 Å². The van der Waals surface area contributed by atoms with Crippen LogP contribution in [0.5, 0.6) is 5.75 Å². The minimum Gasteiger partial charge on any atom is -0.489 e. The molecule has 2 fully saturated rings. The summed E-state index contributed by atoms with van der Waals surface area (Å²) in [4.78, 5) is 14.5. The van der Waals surface area contributed by atoms with E-state index in [1.54, 1.807) is 10.9 Å². The monoisotopic (exact) mass is 359 g/mol. The van der Waals surface area contributed by atoms with Crippen LogP contribution in [0.1, 0.15) is 18.4 Å². The largest absolute Gasteiger partial charge is 0.489 e. The van der Waals surface area contributed by atoms with Gasteiger partial charge in [-0.2, -0.15) is 5.10 Å². The molecule has 0 radical (unpaired) electrons. The Kier molecular flexibility index (Phi) is 4.42. The Morgan fingerprint density at radius 3 is 2.92 bits per heavy atom. The fourth-order valence-electron chi connectivity index (χ4n) is 4.06. The van der Waals surface area contributed by atoms with E-state index in [1.807, 2.05) is 42.3 Å². The first-order chi connectivity index (χ1) is 12.1. The van der Waals surface area contributed by atoms with Crippen molar-refractivity contribution in [3.63, 3.8) is 0 Å². The fourth-order valence-corrected chi connectivity index (χ4v) is 4.24. The number of likely N-dealkylation sites (tertiary alicyclic amines) is 1. The molecule has 0 N–H and O–H groups in total. The lowest BCUT2D eigenvalue weighted by Gasteiger charge is -2.22. The maximum atomic E-state index is 12.6. The molecule has 0 unspecified atom stereocenters. The zero-order valence-corrected chi connectivity index (χ0v) is 15.0. The predicted octanol–water partition coefficient (Wildman–Crippen LogP) is 3.16. The van der Waals surface area contributed by atoms with Crippen LogP contribution in [-0.4, -0.2) is 39.8 Å². The van der Waals surface area contributed by atoms with Crippen molar-refractivity contribution in [2.45, 2.75) is 32.4 Å². The van der Waals surface area contributed by atoms with Gasteiger partial charge in [0.1, 0.15) is 18.4 Å². The zero-order chi connectivity index (χ0) is 17.4. The van der Waals surface area contributed by atoms with Crippen LogP contribution in [0.3, 0.4) is 0 Å². The molecular weight excluding hydrogens is 338 g/mol. The third-order valence-corrected chi connectivity index (χ3v) is 5.63. The molecule has 2 aromatic rings. The van der Waals surface area contributed by atoms with Crippen molar-refractivity contribution in [3.8, 4) is 5.75 Å². The van der Waals surface area contributed by atoms with Crippen LogP contribution in [0.15, 0.2) is 36.7 Å². The second kappa shape index (κ2) is 6.71. The smallest absolute Gasteiger partial charge is 0.244 e. The lowest BCUT2D eigenvalue weighted by Crippen LogP contribution is -2.34. The van der Waals surface area contributed by atoms with E-state index < -0.39 is 0 Å². The van der Waals surface area contributed by atoms with E-state index in [9.17, 15) is 4.79 Å². The minimum atomic E-state index is 0.133. The summed E-state index contributed by atoms with van der Waals surface area (Å²) in [7, 11) is 0. The molecule has 1 amide bonds. The SMILES string of the molecule is Cc1cnn(CC(=O)N2C[C@@H]3CC[C@H](Oc4ccccc4Cl)[C@@H]3C2)c1. The Balaban J connectivity index is 1.39. The highest BCUT2D eigenvalue weighted by molar-refractivity contribution is 6.32. The fraction of sp³-hybridized carbons (Fsp3) is 0.474. The number of fused-ring (bicyclic) bond motifs is 1. The second-order valence-electron chi connectivity index (χ2n) is 7.10. The molecule has 5 nitrogen and oxygen atoms in total. The van der Waals surface area contributed by atoms with E-state index in [0.29, 0.717) is 23.4 Å². The van der Waals surface area contributed by atoms with Crippen LogP contribution in [0.4, 0.5) is 0 Å². The highest BCUT2D eigenvalue weighted by Crippen LogP contribution is 2.41. The van der Waals surface area contributed by atoms with E-state index in [-0.39, 0.29) is 12.0 Å². The van der Waals surface area contributed by atoms with Gasteiger partial charge in [-0.1, -0.05) is 23.7 Å². The number of benzene rings is 1. The van der Waals surface area contributed by atoms with Crippen molar-refractivity contribution in [2.75, 3.05) is 13.1 Å². The number of para-hydroxylation sites is 1. The number of hydrogen-bond acceptors (Lipinski definition) is 3. The topological polar surface area (TPSA) is 47.4 Å². The second-order valence-corrected chi connectivity index (χ2v) is 7.51. The van der Waals surface area contributed by atoms with Gasteiger partial charge in [0.15, 0.2) is 0 Å². The van der Waals surface area contributed by atoms with Crippen molar-refractivity contribution in [3.05, 3.63) is 47.2 Å². The molecule has 132 valence electrons. The van der Waals surface area contributed by atoms with Gasteiger partial charge in [0.2, 0.25) is 5.91 Å². The molecule has 1 saturated heterocycles. The van der Waals surface area contributed by atoms with E-state index in [1.165, 1.54) is 0 Å². The van der Waals surface area contributed by atoms with Gasteiger partial charge >= 0.3 is 0 Å². The number of aromatic nitrogens is 2. The van der Waals surface area contributed by atoms with Gasteiger partial charge in [-0.25, -0.2) is 0 Å². The molecular formula is C19H22ClN3O2. The number of hydrogen-bond donors (Lipinski definition) is 0. The van der Waals surface area contributed by atoms with E-state index >= 15 is 0 Å². The third kappa shape index (κ3) is 3.38. The highest BCUT2D eigenvalue weighted by atomic mass is 35.5. The van der Waals surface area contributed by atoms with Crippen LogP contribution >= 0.6 is 11.6 Å². The van der Waals surface area contributed by atoms with Crippen LogP contribution < -0.4 is 4.74 Å². The lowest BCUT2D eigenvalue weighted by atomic mass is 9.99. The van der Waals surface area contributed by atoms with E-state index in [4.69, 9.17) is 16.3 Å². The maximum Gasteiger partial charge on any atom is 0.244 e. The van der Waals surface area contributed by atoms with Gasteiger partial charge in [-0.15, -0.1) is 0 Å². The number of nitrogens with zero attached hydrogens (tertiary/aromatic N) is 3. The molecule has 6 heteroatoms. The Morgan fingerprint density at radius 1 is 1.32 bits per heavy atom. The highest BCUT2D eigenvalue weighted by Gasteiger charge is 2.45. The van der Waals surface area contributed by atoms with Crippen LogP contribution in [0, 0.1) is 18.8 Å². The normalized spacial score (nSPS) is 25.2. The number of amides is 1. The molecule has 1 aromatic carbocycles. The van der Waals surface area contributed by atoms with Gasteiger partial charge in [0, 0.05) is 25.2 Å². The number of aryl methyl sites for hydroxylation is 1. The van der Waals surface area contributed by atoms with E-state index in [2.05, 4.69) is 5.10 Å². The Hall–Kier alpha value is -2.01. The molecule has 4 rings (SSSR count). The quantitative estimate of drug-likeness (QED) is 0.842. The van der Waals surface area contributed by atoms with Crippen molar-refractivity contribution in [1.29, 1.82) is 0 Å². The Morgan fingerprint density at radius 2 is 2.16 bits per heavy atom. The van der Waals surface area contributed by atoms with Gasteiger partial charge < -0.3 is 9.64 Å². The molecule has 1 saturated carbocycles. The lowest BCUT2D eigenvalue weighted by molar-refractivity contribution is -0.131. The average Bonchev–Trinajstić information content (AvgIpc) is 3.27. The van der Waals surface area contributed by atoms with Crippen LogP contribution in [-0.2, 0) is 11.3 Å². The first kappa shape index (κ1) is 16.5. The number of rotatable bonds is 4. The van der Waals surface area contributed by atoms with Crippen LogP contribution in [0.25, 0.3) is 0 Å².